The van der Waals surface area contributed by atoms with Gasteiger partial charge >= 0.3 is 0 Å². The highest BCUT2D eigenvalue weighted by atomic mass is 16.5. The zero-order chi connectivity index (χ0) is 10.5. The van der Waals surface area contributed by atoms with Crippen LogP contribution in [0.25, 0.3) is 10.8 Å². The summed E-state index contributed by atoms with van der Waals surface area (Å²) in [6.07, 6.45) is 1.48. The fourth-order valence-corrected chi connectivity index (χ4v) is 1.53. The quantitative estimate of drug-likeness (QED) is 0.537. The molecule has 0 unspecified atom stereocenters. The van der Waals surface area contributed by atoms with Gasteiger partial charge in [-0.05, 0) is 22.4 Å². The van der Waals surface area contributed by atoms with Crippen molar-refractivity contribution in [2.75, 3.05) is 0 Å². The van der Waals surface area contributed by atoms with Gasteiger partial charge in [-0.15, -0.1) is 0 Å². The van der Waals surface area contributed by atoms with Gasteiger partial charge < -0.3 is 4.74 Å². The Labute approximate surface area is 89.3 Å². The number of rotatable bonds is 3. The molecule has 1 heteroatoms. The highest BCUT2D eigenvalue weighted by Gasteiger charge is 1.95. The predicted molar refractivity (Wildman–Crippen MR) is 62.4 cm³/mol. The van der Waals surface area contributed by atoms with E-state index in [1.54, 1.807) is 0 Å². The molecular weight excluding hydrogens is 184 g/mol. The van der Waals surface area contributed by atoms with Crippen LogP contribution in [0.2, 0.25) is 0 Å². The van der Waals surface area contributed by atoms with Crippen molar-refractivity contribution in [3.63, 3.8) is 0 Å². The molecule has 1 nitrogen and oxygen atoms in total. The average molecular weight is 196 g/mol. The molecule has 2 aromatic carbocycles. The summed E-state index contributed by atoms with van der Waals surface area (Å²) in [5, 5.41) is 2.49. The van der Waals surface area contributed by atoms with Gasteiger partial charge in [-0.3, -0.25) is 0 Å². The van der Waals surface area contributed by atoms with E-state index >= 15 is 0 Å². The minimum absolute atomic E-state index is 0.563. The van der Waals surface area contributed by atoms with Gasteiger partial charge in [-0.1, -0.05) is 48.7 Å². The van der Waals surface area contributed by atoms with Crippen LogP contribution in [-0.2, 0) is 11.3 Å². The Balaban J connectivity index is 2.26. The third-order valence-electron chi connectivity index (χ3n) is 2.23. The molecule has 0 atom stereocenters. The first-order valence-electron chi connectivity index (χ1n) is 4.84. The van der Waals surface area contributed by atoms with Gasteiger partial charge in [0.25, 0.3) is 0 Å². The van der Waals surface area contributed by atoms with Crippen molar-refractivity contribution in [3.05, 3.63) is 66.6 Å². The largest absolute Gasteiger partial charge is 0.488 e. The van der Waals surface area contributed by atoms with E-state index in [4.69, 9.17) is 4.74 Å². The molecule has 0 N–H and O–H groups in total. The first-order valence-corrected chi connectivity index (χ1v) is 4.84. The molecular formula is C14H12O. The predicted octanol–water partition coefficient (Wildman–Crippen LogP) is 3.66. The zero-order valence-electron chi connectivity index (χ0n) is 8.44. The van der Waals surface area contributed by atoms with Crippen LogP contribution in [0.1, 0.15) is 5.56 Å². The Hall–Kier alpha value is -1.98. The van der Waals surface area contributed by atoms with E-state index in [2.05, 4.69) is 42.6 Å². The van der Waals surface area contributed by atoms with Gasteiger partial charge in [0.15, 0.2) is 0 Å². The highest BCUT2D eigenvalue weighted by molar-refractivity contribution is 5.82. The summed E-state index contributed by atoms with van der Waals surface area (Å²) in [4.78, 5) is 0. The van der Waals surface area contributed by atoms with Crippen LogP contribution >= 0.6 is 0 Å². The number of benzene rings is 2. The fraction of sp³-hybridized carbons (Fsp3) is 0.0714. The minimum atomic E-state index is 0.563. The van der Waals surface area contributed by atoms with Crippen molar-refractivity contribution in [2.45, 2.75) is 6.61 Å². The lowest BCUT2D eigenvalue weighted by Gasteiger charge is -2.02. The first-order chi connectivity index (χ1) is 7.40. The van der Waals surface area contributed by atoms with Crippen LogP contribution in [0.5, 0.6) is 0 Å². The molecule has 0 bridgehead atoms. The van der Waals surface area contributed by atoms with E-state index in [9.17, 15) is 0 Å². The second-order valence-corrected chi connectivity index (χ2v) is 3.31. The summed E-state index contributed by atoms with van der Waals surface area (Å²) in [6, 6.07) is 14.6. The number of hydrogen-bond acceptors (Lipinski definition) is 1. The fourth-order valence-electron chi connectivity index (χ4n) is 1.53. The third-order valence-corrected chi connectivity index (χ3v) is 2.23. The molecule has 0 aliphatic heterocycles. The topological polar surface area (TPSA) is 9.23 Å². The van der Waals surface area contributed by atoms with Gasteiger partial charge in [0, 0.05) is 0 Å². The van der Waals surface area contributed by atoms with Gasteiger partial charge in [-0.2, -0.15) is 0 Å². The maximum atomic E-state index is 5.22. The van der Waals surface area contributed by atoms with Crippen LogP contribution in [0.15, 0.2) is 61.0 Å². The van der Waals surface area contributed by atoms with Crippen LogP contribution in [0.4, 0.5) is 0 Å². The van der Waals surface area contributed by atoms with Gasteiger partial charge in [0.05, 0.1) is 0 Å². The van der Waals surface area contributed by atoms with Crippen LogP contribution in [0.3, 0.4) is 0 Å². The molecule has 74 valence electrons. The molecule has 2 aromatic rings. The van der Waals surface area contributed by atoms with E-state index in [1.165, 1.54) is 17.0 Å². The van der Waals surface area contributed by atoms with E-state index in [0.29, 0.717) is 6.61 Å². The smallest absolute Gasteiger partial charge is 0.125 e. The molecule has 0 spiro atoms. The van der Waals surface area contributed by atoms with E-state index in [0.717, 1.165) is 5.56 Å². The molecule has 0 saturated carbocycles. The van der Waals surface area contributed by atoms with Crippen molar-refractivity contribution in [2.24, 2.45) is 0 Å². The van der Waals surface area contributed by atoms with Crippen molar-refractivity contribution >= 4 is 10.8 Å². The third kappa shape index (κ3) is 2.28. The molecule has 0 radical (unpaired) electrons. The van der Waals surface area contributed by atoms with Crippen molar-refractivity contribution in [1.29, 1.82) is 0 Å². The maximum absolute atomic E-state index is 5.22. The second kappa shape index (κ2) is 4.50. The van der Waals surface area contributed by atoms with Crippen molar-refractivity contribution in [3.8, 4) is 0 Å². The first kappa shape index (κ1) is 9.57. The van der Waals surface area contributed by atoms with Crippen LogP contribution in [0, 0.1) is 0 Å². The summed E-state index contributed by atoms with van der Waals surface area (Å²) in [5.41, 5.74) is 3.73. The number of ether oxygens (including phenoxy) is 1. The Kier molecular flexibility index (Phi) is 2.87. The summed E-state index contributed by atoms with van der Waals surface area (Å²) in [7, 11) is 0. The lowest BCUT2D eigenvalue weighted by atomic mass is 10.1. The Bertz CT molecular complexity index is 507. The molecule has 15 heavy (non-hydrogen) atoms. The van der Waals surface area contributed by atoms with E-state index < -0.39 is 0 Å². The number of hydrogen-bond donors (Lipinski definition) is 0. The normalized spacial score (nSPS) is 9.60. The van der Waals surface area contributed by atoms with Crippen molar-refractivity contribution in [1.82, 2.24) is 0 Å². The summed E-state index contributed by atoms with van der Waals surface area (Å²) < 4.78 is 5.22. The SMILES string of the molecule is C=C=COCc1ccc2ccccc2c1. The average Bonchev–Trinajstić information content (AvgIpc) is 2.29. The zero-order valence-corrected chi connectivity index (χ0v) is 8.44. The van der Waals surface area contributed by atoms with E-state index in [-0.39, 0.29) is 0 Å². The summed E-state index contributed by atoms with van der Waals surface area (Å²) in [6.45, 7) is 4.00. The van der Waals surface area contributed by atoms with E-state index in [1.807, 2.05) is 12.1 Å². The second-order valence-electron chi connectivity index (χ2n) is 3.31. The van der Waals surface area contributed by atoms with Crippen LogP contribution < -0.4 is 0 Å². The number of fused-ring (bicyclic) bond motifs is 1. The molecule has 0 aromatic heterocycles. The Morgan fingerprint density at radius 2 is 1.93 bits per heavy atom. The summed E-state index contributed by atoms with van der Waals surface area (Å²) >= 11 is 0. The molecule has 0 heterocycles. The van der Waals surface area contributed by atoms with Crippen molar-refractivity contribution < 1.29 is 4.74 Å². The Morgan fingerprint density at radius 1 is 1.13 bits per heavy atom. The Morgan fingerprint density at radius 3 is 2.73 bits per heavy atom. The molecule has 0 saturated heterocycles. The highest BCUT2D eigenvalue weighted by Crippen LogP contribution is 2.15. The molecule has 0 fully saturated rings. The lowest BCUT2D eigenvalue weighted by Crippen LogP contribution is -1.85. The summed E-state index contributed by atoms with van der Waals surface area (Å²) in [5.74, 6) is 0. The molecule has 0 aliphatic carbocycles. The molecule has 0 aliphatic rings. The van der Waals surface area contributed by atoms with Gasteiger partial charge in [0.1, 0.15) is 12.9 Å². The molecule has 0 amide bonds. The monoisotopic (exact) mass is 196 g/mol. The van der Waals surface area contributed by atoms with Crippen LogP contribution in [-0.4, -0.2) is 0 Å². The molecule has 2 rings (SSSR count). The van der Waals surface area contributed by atoms with Gasteiger partial charge in [-0.25, -0.2) is 0 Å². The maximum Gasteiger partial charge on any atom is 0.125 e. The van der Waals surface area contributed by atoms with Gasteiger partial charge in [0.2, 0.25) is 0 Å². The minimum Gasteiger partial charge on any atom is -0.488 e. The standard InChI is InChI=1S/C14H12O/c1-2-9-15-11-12-7-8-13-5-3-4-6-14(13)10-12/h3-10H,1,11H2. The lowest BCUT2D eigenvalue weighted by molar-refractivity contribution is 0.237.